The van der Waals surface area contributed by atoms with E-state index in [4.69, 9.17) is 17.0 Å². The van der Waals surface area contributed by atoms with Crippen LogP contribution in [0.25, 0.3) is 0 Å². The highest BCUT2D eigenvalue weighted by Gasteiger charge is 2.41. The van der Waals surface area contributed by atoms with Gasteiger partial charge in [-0.2, -0.15) is 0 Å². The van der Waals surface area contributed by atoms with Crippen LogP contribution in [-0.4, -0.2) is 29.4 Å². The number of ether oxygens (including phenoxy) is 1. The van der Waals surface area contributed by atoms with Crippen LogP contribution in [-0.2, 0) is 4.74 Å². The maximum Gasteiger partial charge on any atom is 0.166 e. The molecule has 1 aliphatic carbocycles. The lowest BCUT2D eigenvalue weighted by Gasteiger charge is -2.23. The first-order chi connectivity index (χ1) is 7.81. The Balaban J connectivity index is 1.45. The largest absolute Gasteiger partial charge is 0.373 e. The Morgan fingerprint density at radius 1 is 1.06 bits per heavy atom. The number of thiocarbonyl (C=S) groups is 1. The molecule has 2 aliphatic heterocycles. The lowest BCUT2D eigenvalue weighted by atomic mass is 9.96. The highest BCUT2D eigenvalue weighted by atomic mass is 32.1. The Bertz CT molecular complexity index is 278. The van der Waals surface area contributed by atoms with E-state index in [1.807, 2.05) is 0 Å². The molecule has 3 aliphatic rings. The normalized spacial score (nSPS) is 37.9. The summed E-state index contributed by atoms with van der Waals surface area (Å²) in [5.74, 6) is 0. The van der Waals surface area contributed by atoms with Gasteiger partial charge in [0.15, 0.2) is 5.11 Å². The maximum atomic E-state index is 5.81. The van der Waals surface area contributed by atoms with Crippen molar-refractivity contribution in [1.82, 2.24) is 10.6 Å². The zero-order valence-electron chi connectivity index (χ0n) is 9.58. The summed E-state index contributed by atoms with van der Waals surface area (Å²) in [5.41, 5.74) is 0. The van der Waals surface area contributed by atoms with E-state index in [9.17, 15) is 0 Å². The third-order valence-electron chi connectivity index (χ3n) is 4.11. The molecule has 90 valence electrons. The molecule has 1 saturated carbocycles. The molecule has 0 aromatic carbocycles. The van der Waals surface area contributed by atoms with Crippen molar-refractivity contribution in [3.8, 4) is 0 Å². The minimum absolute atomic E-state index is 0.410. The standard InChI is InChI=1S/C12H20N2OS/c16-12(13-8-3-1-2-4-8)14-10-7-9-5-6-11(10)15-9/h8-11H,1-7H2,(H2,13,14,16). The number of fused-ring (bicyclic) bond motifs is 2. The highest BCUT2D eigenvalue weighted by molar-refractivity contribution is 7.80. The van der Waals surface area contributed by atoms with Crippen molar-refractivity contribution in [2.45, 2.75) is 69.2 Å². The molecule has 16 heavy (non-hydrogen) atoms. The Kier molecular flexibility index (Phi) is 3.03. The predicted molar refractivity (Wildman–Crippen MR) is 67.4 cm³/mol. The second-order valence-corrected chi connectivity index (χ2v) is 5.72. The van der Waals surface area contributed by atoms with Crippen molar-refractivity contribution in [3.05, 3.63) is 0 Å². The van der Waals surface area contributed by atoms with Gasteiger partial charge in [0.1, 0.15) is 0 Å². The topological polar surface area (TPSA) is 33.3 Å². The molecule has 0 aromatic heterocycles. The van der Waals surface area contributed by atoms with Crippen LogP contribution in [0.2, 0.25) is 0 Å². The summed E-state index contributed by atoms with van der Waals surface area (Å²) in [4.78, 5) is 0. The summed E-state index contributed by atoms with van der Waals surface area (Å²) in [5, 5.41) is 7.70. The predicted octanol–water partition coefficient (Wildman–Crippen LogP) is 1.71. The third-order valence-corrected chi connectivity index (χ3v) is 4.35. The van der Waals surface area contributed by atoms with Gasteiger partial charge >= 0.3 is 0 Å². The van der Waals surface area contributed by atoms with Gasteiger partial charge in [-0.1, -0.05) is 12.8 Å². The van der Waals surface area contributed by atoms with Crippen molar-refractivity contribution in [1.29, 1.82) is 0 Å². The van der Waals surface area contributed by atoms with Crippen LogP contribution in [0.5, 0.6) is 0 Å². The van der Waals surface area contributed by atoms with Gasteiger partial charge in [-0.15, -0.1) is 0 Å². The van der Waals surface area contributed by atoms with Crippen LogP contribution in [0, 0.1) is 0 Å². The molecule has 3 nitrogen and oxygen atoms in total. The molecule has 4 heteroatoms. The summed E-state index contributed by atoms with van der Waals surface area (Å²) in [6.07, 6.45) is 9.72. The second kappa shape index (κ2) is 4.49. The Morgan fingerprint density at radius 2 is 1.88 bits per heavy atom. The maximum absolute atomic E-state index is 5.81. The Hall–Kier alpha value is -0.350. The van der Waals surface area contributed by atoms with Gasteiger partial charge in [0.05, 0.1) is 18.2 Å². The van der Waals surface area contributed by atoms with Crippen molar-refractivity contribution < 1.29 is 4.74 Å². The van der Waals surface area contributed by atoms with Gasteiger partial charge in [0, 0.05) is 6.04 Å². The summed E-state index contributed by atoms with van der Waals surface area (Å²) >= 11 is 5.37. The van der Waals surface area contributed by atoms with E-state index in [1.54, 1.807) is 0 Å². The summed E-state index contributed by atoms with van der Waals surface area (Å²) in [7, 11) is 0. The molecule has 0 amide bonds. The lowest BCUT2D eigenvalue weighted by molar-refractivity contribution is 0.0993. The van der Waals surface area contributed by atoms with Gasteiger partial charge in [-0.25, -0.2) is 0 Å². The first-order valence-corrected chi connectivity index (χ1v) is 6.94. The first kappa shape index (κ1) is 10.8. The van der Waals surface area contributed by atoms with Crippen LogP contribution < -0.4 is 10.6 Å². The van der Waals surface area contributed by atoms with Crippen LogP contribution in [0.4, 0.5) is 0 Å². The van der Waals surface area contributed by atoms with Crippen LogP contribution in [0.1, 0.15) is 44.9 Å². The van der Waals surface area contributed by atoms with Crippen molar-refractivity contribution >= 4 is 17.3 Å². The Labute approximate surface area is 102 Å². The molecule has 2 N–H and O–H groups in total. The fourth-order valence-corrected chi connectivity index (χ4v) is 3.57. The lowest BCUT2D eigenvalue weighted by Crippen LogP contribution is -2.48. The molecular formula is C12H20N2OS. The highest BCUT2D eigenvalue weighted by Crippen LogP contribution is 2.34. The number of hydrogen-bond donors (Lipinski definition) is 2. The van der Waals surface area contributed by atoms with E-state index in [-0.39, 0.29) is 0 Å². The molecule has 2 saturated heterocycles. The average Bonchev–Trinajstić information content (AvgIpc) is 2.92. The molecular weight excluding hydrogens is 220 g/mol. The molecule has 0 spiro atoms. The smallest absolute Gasteiger partial charge is 0.166 e. The van der Waals surface area contributed by atoms with Crippen molar-refractivity contribution in [2.24, 2.45) is 0 Å². The Morgan fingerprint density at radius 3 is 2.50 bits per heavy atom. The summed E-state index contributed by atoms with van der Waals surface area (Å²) < 4.78 is 5.81. The third kappa shape index (κ3) is 2.18. The molecule has 3 atom stereocenters. The van der Waals surface area contributed by atoms with Gasteiger partial charge < -0.3 is 15.4 Å². The van der Waals surface area contributed by atoms with Crippen molar-refractivity contribution in [2.75, 3.05) is 0 Å². The molecule has 2 heterocycles. The van der Waals surface area contributed by atoms with E-state index >= 15 is 0 Å². The number of hydrogen-bond acceptors (Lipinski definition) is 2. The van der Waals surface area contributed by atoms with E-state index in [2.05, 4.69) is 10.6 Å². The minimum atomic E-state index is 0.410. The van der Waals surface area contributed by atoms with Gasteiger partial charge in [0.25, 0.3) is 0 Å². The monoisotopic (exact) mass is 240 g/mol. The molecule has 0 radical (unpaired) electrons. The molecule has 3 rings (SSSR count). The molecule has 3 unspecified atom stereocenters. The zero-order chi connectivity index (χ0) is 11.0. The van der Waals surface area contributed by atoms with E-state index in [0.717, 1.165) is 11.5 Å². The van der Waals surface area contributed by atoms with Crippen LogP contribution in [0.3, 0.4) is 0 Å². The van der Waals surface area contributed by atoms with Gasteiger partial charge in [-0.05, 0) is 44.3 Å². The summed E-state index contributed by atoms with van der Waals surface area (Å²) in [6.45, 7) is 0. The van der Waals surface area contributed by atoms with Crippen molar-refractivity contribution in [3.63, 3.8) is 0 Å². The number of nitrogens with one attached hydrogen (secondary N) is 2. The molecule has 3 fully saturated rings. The van der Waals surface area contributed by atoms with Crippen LogP contribution in [0.15, 0.2) is 0 Å². The fraction of sp³-hybridized carbons (Fsp3) is 0.917. The average molecular weight is 240 g/mol. The SMILES string of the molecule is S=C(NC1CCCC1)NC1CC2CCC1O2. The summed E-state index contributed by atoms with van der Waals surface area (Å²) in [6, 6.07) is 1.07. The van der Waals surface area contributed by atoms with Gasteiger partial charge in [0.2, 0.25) is 0 Å². The minimum Gasteiger partial charge on any atom is -0.373 e. The van der Waals surface area contributed by atoms with Crippen LogP contribution >= 0.6 is 12.2 Å². The van der Waals surface area contributed by atoms with Gasteiger partial charge in [-0.3, -0.25) is 0 Å². The molecule has 0 aromatic rings. The molecule has 2 bridgehead atoms. The van der Waals surface area contributed by atoms with E-state index in [0.29, 0.717) is 24.3 Å². The fourth-order valence-electron chi connectivity index (χ4n) is 3.26. The first-order valence-electron chi connectivity index (χ1n) is 6.54. The number of rotatable bonds is 2. The zero-order valence-corrected chi connectivity index (χ0v) is 10.4. The van der Waals surface area contributed by atoms with E-state index in [1.165, 1.54) is 38.5 Å². The second-order valence-electron chi connectivity index (χ2n) is 5.32. The van der Waals surface area contributed by atoms with E-state index < -0.39 is 0 Å². The quantitative estimate of drug-likeness (QED) is 0.720.